The SMILES string of the molecule is Cc1ccc(OCC(=O)N2CCOC(CO)C2)c(C)c1. The van der Waals surface area contributed by atoms with Crippen LogP contribution in [-0.4, -0.2) is 54.9 Å². The number of aliphatic hydroxyl groups excluding tert-OH is 1. The van der Waals surface area contributed by atoms with Crippen LogP contribution in [0.15, 0.2) is 18.2 Å². The molecule has 0 saturated carbocycles. The monoisotopic (exact) mass is 279 g/mol. The van der Waals surface area contributed by atoms with E-state index in [1.807, 2.05) is 32.0 Å². The fourth-order valence-corrected chi connectivity index (χ4v) is 2.25. The molecule has 2 rings (SSSR count). The minimum Gasteiger partial charge on any atom is -0.484 e. The summed E-state index contributed by atoms with van der Waals surface area (Å²) in [5.41, 5.74) is 2.19. The van der Waals surface area contributed by atoms with Crippen LogP contribution in [0.4, 0.5) is 0 Å². The van der Waals surface area contributed by atoms with E-state index in [-0.39, 0.29) is 25.2 Å². The number of amides is 1. The Balaban J connectivity index is 1.88. The van der Waals surface area contributed by atoms with E-state index < -0.39 is 0 Å². The fourth-order valence-electron chi connectivity index (χ4n) is 2.25. The number of morpholine rings is 1. The molecule has 0 aliphatic carbocycles. The van der Waals surface area contributed by atoms with Crippen molar-refractivity contribution in [1.82, 2.24) is 4.90 Å². The minimum absolute atomic E-state index is 0.0159. The maximum Gasteiger partial charge on any atom is 0.260 e. The van der Waals surface area contributed by atoms with Crippen molar-refractivity contribution in [2.75, 3.05) is 32.9 Å². The van der Waals surface area contributed by atoms with E-state index in [4.69, 9.17) is 14.6 Å². The van der Waals surface area contributed by atoms with Crippen LogP contribution in [0.25, 0.3) is 0 Å². The number of ether oxygens (including phenoxy) is 2. The lowest BCUT2D eigenvalue weighted by Gasteiger charge is -2.32. The van der Waals surface area contributed by atoms with Gasteiger partial charge in [0.1, 0.15) is 5.75 Å². The lowest BCUT2D eigenvalue weighted by Crippen LogP contribution is -2.48. The topological polar surface area (TPSA) is 59.0 Å². The first kappa shape index (κ1) is 14.8. The zero-order chi connectivity index (χ0) is 14.5. The Morgan fingerprint density at radius 2 is 2.30 bits per heavy atom. The number of aliphatic hydroxyl groups is 1. The first-order valence-electron chi connectivity index (χ1n) is 6.80. The molecule has 1 N–H and O–H groups in total. The highest BCUT2D eigenvalue weighted by Gasteiger charge is 2.23. The van der Waals surface area contributed by atoms with Crippen LogP contribution in [-0.2, 0) is 9.53 Å². The van der Waals surface area contributed by atoms with Gasteiger partial charge in [0.2, 0.25) is 0 Å². The van der Waals surface area contributed by atoms with E-state index in [2.05, 4.69) is 0 Å². The normalized spacial score (nSPS) is 18.9. The quantitative estimate of drug-likeness (QED) is 0.889. The van der Waals surface area contributed by atoms with Gasteiger partial charge in [0.15, 0.2) is 6.61 Å². The van der Waals surface area contributed by atoms with Gasteiger partial charge in [-0.15, -0.1) is 0 Å². The van der Waals surface area contributed by atoms with Crippen molar-refractivity contribution in [3.63, 3.8) is 0 Å². The summed E-state index contributed by atoms with van der Waals surface area (Å²) in [6, 6.07) is 5.87. The fraction of sp³-hybridized carbons (Fsp3) is 0.533. The first-order valence-corrected chi connectivity index (χ1v) is 6.80. The molecule has 1 atom stereocenters. The van der Waals surface area contributed by atoms with E-state index in [9.17, 15) is 4.79 Å². The molecule has 1 saturated heterocycles. The number of rotatable bonds is 4. The number of aryl methyl sites for hydroxylation is 2. The first-order chi connectivity index (χ1) is 9.60. The highest BCUT2D eigenvalue weighted by atomic mass is 16.5. The lowest BCUT2D eigenvalue weighted by atomic mass is 10.1. The van der Waals surface area contributed by atoms with Crippen LogP contribution in [0.5, 0.6) is 5.75 Å². The smallest absolute Gasteiger partial charge is 0.260 e. The van der Waals surface area contributed by atoms with Crippen LogP contribution in [0.3, 0.4) is 0 Å². The number of hydrogen-bond donors (Lipinski definition) is 1. The van der Waals surface area contributed by atoms with Gasteiger partial charge in [-0.25, -0.2) is 0 Å². The Hall–Kier alpha value is -1.59. The molecule has 5 nitrogen and oxygen atoms in total. The second-order valence-corrected chi connectivity index (χ2v) is 5.07. The van der Waals surface area contributed by atoms with Crippen LogP contribution in [0.1, 0.15) is 11.1 Å². The zero-order valence-corrected chi connectivity index (χ0v) is 12.0. The molecule has 1 fully saturated rings. The third kappa shape index (κ3) is 3.71. The summed E-state index contributed by atoms with van der Waals surface area (Å²) in [5, 5.41) is 9.07. The lowest BCUT2D eigenvalue weighted by molar-refractivity contribution is -0.142. The van der Waals surface area contributed by atoms with Gasteiger partial charge in [-0.2, -0.15) is 0 Å². The van der Waals surface area contributed by atoms with Gasteiger partial charge < -0.3 is 19.5 Å². The highest BCUT2D eigenvalue weighted by molar-refractivity contribution is 5.78. The summed E-state index contributed by atoms with van der Waals surface area (Å²) in [6.45, 7) is 5.36. The van der Waals surface area contributed by atoms with Crippen molar-refractivity contribution < 1.29 is 19.4 Å². The van der Waals surface area contributed by atoms with Crippen molar-refractivity contribution >= 4 is 5.91 Å². The average Bonchev–Trinajstić information content (AvgIpc) is 2.46. The summed E-state index contributed by atoms with van der Waals surface area (Å²) >= 11 is 0. The molecule has 1 amide bonds. The average molecular weight is 279 g/mol. The number of carbonyl (C=O) groups excluding carboxylic acids is 1. The predicted molar refractivity (Wildman–Crippen MR) is 74.8 cm³/mol. The number of carbonyl (C=O) groups is 1. The minimum atomic E-state index is -0.284. The summed E-state index contributed by atoms with van der Waals surface area (Å²) in [5.74, 6) is 0.655. The maximum atomic E-state index is 12.1. The molecule has 0 aromatic heterocycles. The molecule has 110 valence electrons. The van der Waals surface area contributed by atoms with E-state index in [1.54, 1.807) is 4.90 Å². The molecule has 5 heteroatoms. The van der Waals surface area contributed by atoms with Crippen molar-refractivity contribution in [1.29, 1.82) is 0 Å². The summed E-state index contributed by atoms with van der Waals surface area (Å²) in [4.78, 5) is 13.7. The number of hydrogen-bond acceptors (Lipinski definition) is 4. The maximum absolute atomic E-state index is 12.1. The van der Waals surface area contributed by atoms with Crippen molar-refractivity contribution in [3.8, 4) is 5.75 Å². The zero-order valence-electron chi connectivity index (χ0n) is 12.0. The molecule has 0 bridgehead atoms. The van der Waals surface area contributed by atoms with Gasteiger partial charge >= 0.3 is 0 Å². The van der Waals surface area contributed by atoms with E-state index >= 15 is 0 Å². The van der Waals surface area contributed by atoms with Gasteiger partial charge in [0.05, 0.1) is 19.3 Å². The Morgan fingerprint density at radius 3 is 3.00 bits per heavy atom. The Morgan fingerprint density at radius 1 is 1.50 bits per heavy atom. The highest BCUT2D eigenvalue weighted by Crippen LogP contribution is 2.18. The molecular formula is C15H21NO4. The standard InChI is InChI=1S/C15H21NO4/c1-11-3-4-14(12(2)7-11)20-10-15(18)16-5-6-19-13(8-16)9-17/h3-4,7,13,17H,5-6,8-10H2,1-2H3. The second-order valence-electron chi connectivity index (χ2n) is 5.07. The van der Waals surface area contributed by atoms with Gasteiger partial charge in [-0.05, 0) is 25.5 Å². The largest absolute Gasteiger partial charge is 0.484 e. The van der Waals surface area contributed by atoms with Gasteiger partial charge in [0, 0.05) is 13.1 Å². The van der Waals surface area contributed by atoms with Crippen LogP contribution >= 0.6 is 0 Å². The predicted octanol–water partition coefficient (Wildman–Crippen LogP) is 0.902. The molecule has 1 unspecified atom stereocenters. The third-order valence-corrected chi connectivity index (χ3v) is 3.38. The summed E-state index contributed by atoms with van der Waals surface area (Å²) < 4.78 is 10.9. The van der Waals surface area contributed by atoms with Crippen molar-refractivity contribution in [2.24, 2.45) is 0 Å². The molecule has 0 spiro atoms. The second kappa shape index (κ2) is 6.72. The van der Waals surface area contributed by atoms with E-state index in [1.165, 1.54) is 5.56 Å². The summed E-state index contributed by atoms with van der Waals surface area (Å²) in [7, 11) is 0. The number of nitrogens with zero attached hydrogens (tertiary/aromatic N) is 1. The molecule has 0 radical (unpaired) electrons. The summed E-state index contributed by atoms with van der Waals surface area (Å²) in [6.07, 6.45) is -0.284. The molecule has 1 heterocycles. The Kier molecular flexibility index (Phi) is 4.98. The van der Waals surface area contributed by atoms with Crippen molar-refractivity contribution in [2.45, 2.75) is 20.0 Å². The molecule has 1 aliphatic heterocycles. The third-order valence-electron chi connectivity index (χ3n) is 3.38. The van der Waals surface area contributed by atoms with Gasteiger partial charge in [-0.3, -0.25) is 4.79 Å². The Labute approximate surface area is 119 Å². The van der Waals surface area contributed by atoms with Gasteiger partial charge in [0.25, 0.3) is 5.91 Å². The van der Waals surface area contributed by atoms with Crippen LogP contribution in [0.2, 0.25) is 0 Å². The molecule has 1 aromatic carbocycles. The van der Waals surface area contributed by atoms with Crippen molar-refractivity contribution in [3.05, 3.63) is 29.3 Å². The number of benzene rings is 1. The molecular weight excluding hydrogens is 258 g/mol. The van der Waals surface area contributed by atoms with Gasteiger partial charge in [-0.1, -0.05) is 17.7 Å². The molecule has 1 aromatic rings. The Bertz CT molecular complexity index is 475. The molecule has 20 heavy (non-hydrogen) atoms. The van der Waals surface area contributed by atoms with E-state index in [0.717, 1.165) is 11.3 Å². The molecule has 1 aliphatic rings. The van der Waals surface area contributed by atoms with Crippen LogP contribution in [0, 0.1) is 13.8 Å². The van der Waals surface area contributed by atoms with Crippen LogP contribution < -0.4 is 4.74 Å². The van der Waals surface area contributed by atoms with E-state index in [0.29, 0.717) is 19.7 Å².